The van der Waals surface area contributed by atoms with Crippen LogP contribution in [-0.4, -0.2) is 13.2 Å². The summed E-state index contributed by atoms with van der Waals surface area (Å²) in [5, 5.41) is 0. The Hall–Kier alpha value is -2.00. The molecular formula is C17H19NO2. The Morgan fingerprint density at radius 2 is 1.60 bits per heavy atom. The molecule has 0 radical (unpaired) electrons. The van der Waals surface area contributed by atoms with E-state index >= 15 is 0 Å². The summed E-state index contributed by atoms with van der Waals surface area (Å²) in [7, 11) is 0. The monoisotopic (exact) mass is 269 g/mol. The van der Waals surface area contributed by atoms with Gasteiger partial charge in [0.2, 0.25) is 0 Å². The van der Waals surface area contributed by atoms with Gasteiger partial charge in [-0.1, -0.05) is 30.3 Å². The molecule has 0 atom stereocenters. The molecule has 20 heavy (non-hydrogen) atoms. The molecular weight excluding hydrogens is 250 g/mol. The molecule has 1 heterocycles. The summed E-state index contributed by atoms with van der Waals surface area (Å²) < 4.78 is 11.4. The van der Waals surface area contributed by atoms with Gasteiger partial charge in [0.15, 0.2) is 11.5 Å². The molecule has 2 aromatic carbocycles. The van der Waals surface area contributed by atoms with E-state index < -0.39 is 0 Å². The molecule has 0 fully saturated rings. The largest absolute Gasteiger partial charge is 0.490 e. The first-order valence-corrected chi connectivity index (χ1v) is 7.01. The number of fused-ring (bicyclic) bond motifs is 1. The number of rotatable bonds is 3. The fourth-order valence-electron chi connectivity index (χ4n) is 2.42. The molecule has 0 spiro atoms. The standard InChI is InChI=1S/C17H19NO2/c18-12-15-4-1-3-13(10-15)9-14-5-6-16-17(11-14)20-8-2-7-19-16/h1,3-6,10-11H,2,7-9,12,18H2. The fourth-order valence-corrected chi connectivity index (χ4v) is 2.42. The first-order chi connectivity index (χ1) is 9.85. The van der Waals surface area contributed by atoms with Crippen molar-refractivity contribution in [3.63, 3.8) is 0 Å². The maximum absolute atomic E-state index is 5.73. The lowest BCUT2D eigenvalue weighted by molar-refractivity contribution is 0.297. The summed E-state index contributed by atoms with van der Waals surface area (Å²) in [6.07, 6.45) is 1.81. The molecule has 0 saturated carbocycles. The number of hydrogen-bond donors (Lipinski definition) is 1. The number of benzene rings is 2. The van der Waals surface area contributed by atoms with E-state index in [2.05, 4.69) is 36.4 Å². The minimum absolute atomic E-state index is 0.578. The van der Waals surface area contributed by atoms with Crippen molar-refractivity contribution in [3.8, 4) is 11.5 Å². The second kappa shape index (κ2) is 5.97. The third-order valence-corrected chi connectivity index (χ3v) is 3.45. The molecule has 2 aromatic rings. The molecule has 0 unspecified atom stereocenters. The Bertz CT molecular complexity index is 595. The summed E-state index contributed by atoms with van der Waals surface area (Å²) in [5.74, 6) is 1.71. The second-order valence-electron chi connectivity index (χ2n) is 5.03. The third kappa shape index (κ3) is 2.94. The SMILES string of the molecule is NCc1cccc(Cc2ccc3c(c2)OCCCO3)c1. The van der Waals surface area contributed by atoms with E-state index in [0.29, 0.717) is 6.54 Å². The van der Waals surface area contributed by atoms with Gasteiger partial charge in [-0.3, -0.25) is 0 Å². The molecule has 0 aliphatic carbocycles. The summed E-state index contributed by atoms with van der Waals surface area (Å²) in [4.78, 5) is 0. The summed E-state index contributed by atoms with van der Waals surface area (Å²) in [5.41, 5.74) is 9.34. The summed E-state index contributed by atoms with van der Waals surface area (Å²) in [6.45, 7) is 2.03. The van der Waals surface area contributed by atoms with Crippen molar-refractivity contribution in [2.45, 2.75) is 19.4 Å². The number of ether oxygens (including phenoxy) is 2. The van der Waals surface area contributed by atoms with Crippen molar-refractivity contribution in [2.24, 2.45) is 5.73 Å². The Balaban J connectivity index is 1.82. The van der Waals surface area contributed by atoms with E-state index in [9.17, 15) is 0 Å². The highest BCUT2D eigenvalue weighted by atomic mass is 16.5. The van der Waals surface area contributed by atoms with Gasteiger partial charge in [0, 0.05) is 13.0 Å². The molecule has 104 valence electrons. The van der Waals surface area contributed by atoms with E-state index in [1.54, 1.807) is 0 Å². The lowest BCUT2D eigenvalue weighted by Gasteiger charge is -2.10. The Morgan fingerprint density at radius 1 is 0.850 bits per heavy atom. The molecule has 0 bridgehead atoms. The minimum Gasteiger partial charge on any atom is -0.490 e. The maximum Gasteiger partial charge on any atom is 0.161 e. The Labute approximate surface area is 119 Å². The van der Waals surface area contributed by atoms with E-state index in [1.165, 1.54) is 11.1 Å². The predicted molar refractivity (Wildman–Crippen MR) is 79.2 cm³/mol. The first-order valence-electron chi connectivity index (χ1n) is 7.01. The first kappa shape index (κ1) is 13.0. The van der Waals surface area contributed by atoms with Crippen LogP contribution < -0.4 is 15.2 Å². The van der Waals surface area contributed by atoms with Gasteiger partial charge >= 0.3 is 0 Å². The van der Waals surface area contributed by atoms with Crippen LogP contribution in [0, 0.1) is 0 Å². The van der Waals surface area contributed by atoms with Crippen molar-refractivity contribution < 1.29 is 9.47 Å². The van der Waals surface area contributed by atoms with Gasteiger partial charge in [-0.05, 0) is 35.2 Å². The molecule has 3 rings (SSSR count). The lowest BCUT2D eigenvalue weighted by Crippen LogP contribution is -1.98. The topological polar surface area (TPSA) is 44.5 Å². The van der Waals surface area contributed by atoms with Gasteiger partial charge in [-0.15, -0.1) is 0 Å². The zero-order valence-corrected chi connectivity index (χ0v) is 11.5. The van der Waals surface area contributed by atoms with Crippen LogP contribution in [0.5, 0.6) is 11.5 Å². The average molecular weight is 269 g/mol. The highest BCUT2D eigenvalue weighted by Crippen LogP contribution is 2.31. The van der Waals surface area contributed by atoms with Gasteiger partial charge in [-0.25, -0.2) is 0 Å². The average Bonchev–Trinajstić information content (AvgIpc) is 2.72. The summed E-state index contributed by atoms with van der Waals surface area (Å²) >= 11 is 0. The van der Waals surface area contributed by atoms with Crippen LogP contribution in [0.4, 0.5) is 0 Å². The minimum atomic E-state index is 0.578. The van der Waals surface area contributed by atoms with Crippen molar-refractivity contribution >= 4 is 0 Å². The highest BCUT2D eigenvalue weighted by Gasteiger charge is 2.10. The molecule has 1 aliphatic heterocycles. The molecule has 0 amide bonds. The number of hydrogen-bond acceptors (Lipinski definition) is 3. The van der Waals surface area contributed by atoms with Gasteiger partial charge < -0.3 is 15.2 Å². The van der Waals surface area contributed by atoms with Crippen molar-refractivity contribution in [2.75, 3.05) is 13.2 Å². The van der Waals surface area contributed by atoms with Gasteiger partial charge in [0.25, 0.3) is 0 Å². The summed E-state index contributed by atoms with van der Waals surface area (Å²) in [6, 6.07) is 14.6. The van der Waals surface area contributed by atoms with Crippen molar-refractivity contribution in [1.29, 1.82) is 0 Å². The van der Waals surface area contributed by atoms with E-state index in [-0.39, 0.29) is 0 Å². The van der Waals surface area contributed by atoms with E-state index in [0.717, 1.165) is 43.1 Å². The molecule has 2 N–H and O–H groups in total. The molecule has 3 nitrogen and oxygen atoms in total. The van der Waals surface area contributed by atoms with Gasteiger partial charge in [0.05, 0.1) is 13.2 Å². The van der Waals surface area contributed by atoms with Crippen LogP contribution in [0.3, 0.4) is 0 Å². The molecule has 0 saturated heterocycles. The quantitative estimate of drug-likeness (QED) is 0.931. The van der Waals surface area contributed by atoms with Crippen LogP contribution in [0.1, 0.15) is 23.1 Å². The maximum atomic E-state index is 5.73. The van der Waals surface area contributed by atoms with E-state index in [4.69, 9.17) is 15.2 Å². The van der Waals surface area contributed by atoms with Gasteiger partial charge in [-0.2, -0.15) is 0 Å². The van der Waals surface area contributed by atoms with Crippen LogP contribution in [-0.2, 0) is 13.0 Å². The van der Waals surface area contributed by atoms with Crippen molar-refractivity contribution in [1.82, 2.24) is 0 Å². The zero-order chi connectivity index (χ0) is 13.8. The van der Waals surface area contributed by atoms with Crippen molar-refractivity contribution in [3.05, 3.63) is 59.2 Å². The van der Waals surface area contributed by atoms with Gasteiger partial charge in [0.1, 0.15) is 0 Å². The fraction of sp³-hybridized carbons (Fsp3) is 0.294. The van der Waals surface area contributed by atoms with Crippen LogP contribution >= 0.6 is 0 Å². The molecule has 1 aliphatic rings. The number of nitrogens with two attached hydrogens (primary N) is 1. The second-order valence-corrected chi connectivity index (χ2v) is 5.03. The lowest BCUT2D eigenvalue weighted by atomic mass is 10.0. The Kier molecular flexibility index (Phi) is 3.88. The highest BCUT2D eigenvalue weighted by molar-refractivity contribution is 5.44. The van der Waals surface area contributed by atoms with Crippen LogP contribution in [0.2, 0.25) is 0 Å². The Morgan fingerprint density at radius 3 is 2.45 bits per heavy atom. The predicted octanol–water partition coefficient (Wildman–Crippen LogP) is 2.90. The molecule has 0 aromatic heterocycles. The normalized spacial score (nSPS) is 13.8. The van der Waals surface area contributed by atoms with Crippen LogP contribution in [0.15, 0.2) is 42.5 Å². The third-order valence-electron chi connectivity index (χ3n) is 3.45. The zero-order valence-electron chi connectivity index (χ0n) is 11.5. The smallest absolute Gasteiger partial charge is 0.161 e. The van der Waals surface area contributed by atoms with E-state index in [1.807, 2.05) is 6.07 Å². The molecule has 3 heteroatoms. The van der Waals surface area contributed by atoms with Crippen LogP contribution in [0.25, 0.3) is 0 Å².